The van der Waals surface area contributed by atoms with Gasteiger partial charge in [-0.2, -0.15) is 0 Å². The topological polar surface area (TPSA) is 83.0 Å². The number of benzene rings is 1. The van der Waals surface area contributed by atoms with Gasteiger partial charge in [-0.1, -0.05) is 30.4 Å². The monoisotopic (exact) mass is 419 g/mol. The number of amides is 2. The second-order valence-electron chi connectivity index (χ2n) is 8.52. The van der Waals surface area contributed by atoms with E-state index in [9.17, 15) is 9.59 Å². The van der Waals surface area contributed by atoms with E-state index in [2.05, 4.69) is 4.98 Å². The fourth-order valence-electron chi connectivity index (χ4n) is 5.07. The van der Waals surface area contributed by atoms with E-state index in [1.165, 1.54) is 0 Å². The second kappa shape index (κ2) is 7.59. The van der Waals surface area contributed by atoms with Crippen molar-refractivity contribution in [1.29, 1.82) is 0 Å². The van der Waals surface area contributed by atoms with Crippen LogP contribution in [0.2, 0.25) is 0 Å². The molecule has 2 amide bonds. The van der Waals surface area contributed by atoms with Gasteiger partial charge in [-0.25, -0.2) is 0 Å². The van der Waals surface area contributed by atoms with Crippen molar-refractivity contribution in [2.45, 2.75) is 24.7 Å². The molecule has 0 saturated carbocycles. The fourth-order valence-corrected chi connectivity index (χ4v) is 5.07. The third-order valence-electron chi connectivity index (χ3n) is 6.55. The minimum Gasteiger partial charge on any atom is -0.396 e. The summed E-state index contributed by atoms with van der Waals surface area (Å²) in [6.45, 7) is 0.923. The molecule has 160 valence electrons. The van der Waals surface area contributed by atoms with E-state index in [1.807, 2.05) is 48.6 Å². The quantitative estimate of drug-likeness (QED) is 0.719. The highest BCUT2D eigenvalue weighted by atomic mass is 16.5. The van der Waals surface area contributed by atoms with E-state index in [4.69, 9.17) is 9.84 Å². The number of pyridine rings is 1. The maximum atomic E-state index is 13.5. The van der Waals surface area contributed by atoms with Gasteiger partial charge in [0.2, 0.25) is 11.8 Å². The molecule has 1 aromatic heterocycles. The molecule has 1 N–H and O–H groups in total. The van der Waals surface area contributed by atoms with Gasteiger partial charge in [0, 0.05) is 38.3 Å². The molecule has 1 spiro atoms. The van der Waals surface area contributed by atoms with E-state index in [0.29, 0.717) is 19.5 Å². The summed E-state index contributed by atoms with van der Waals surface area (Å²) >= 11 is 0. The predicted molar refractivity (Wildman–Crippen MR) is 114 cm³/mol. The first-order valence-corrected chi connectivity index (χ1v) is 10.5. The molecule has 0 aliphatic carbocycles. The molecular weight excluding hydrogens is 394 g/mol. The SMILES string of the molecule is CN(Cc1cccnc1)C(=O)[C@H]1[C@@H]2C=C[C@@]3(CN(c4ccc(CCO)cc4)C(=O)[C@H]13)O2. The van der Waals surface area contributed by atoms with Gasteiger partial charge in [0.25, 0.3) is 0 Å². The van der Waals surface area contributed by atoms with Crippen LogP contribution in [0.15, 0.2) is 60.9 Å². The van der Waals surface area contributed by atoms with Crippen LogP contribution in [0, 0.1) is 11.8 Å². The summed E-state index contributed by atoms with van der Waals surface area (Å²) < 4.78 is 6.24. The molecule has 0 unspecified atom stereocenters. The molecule has 31 heavy (non-hydrogen) atoms. The van der Waals surface area contributed by atoms with Crippen molar-refractivity contribution in [3.8, 4) is 0 Å². The highest BCUT2D eigenvalue weighted by Gasteiger charge is 2.67. The molecule has 1 aromatic carbocycles. The van der Waals surface area contributed by atoms with Gasteiger partial charge < -0.3 is 19.6 Å². The van der Waals surface area contributed by atoms with Crippen molar-refractivity contribution in [1.82, 2.24) is 9.88 Å². The van der Waals surface area contributed by atoms with Crippen LogP contribution in [0.3, 0.4) is 0 Å². The Bertz CT molecular complexity index is 1020. The van der Waals surface area contributed by atoms with Crippen molar-refractivity contribution in [3.63, 3.8) is 0 Å². The molecule has 7 nitrogen and oxygen atoms in total. The lowest BCUT2D eigenvalue weighted by Gasteiger charge is -2.27. The highest BCUT2D eigenvalue weighted by Crippen LogP contribution is 2.53. The number of aliphatic hydroxyl groups is 1. The van der Waals surface area contributed by atoms with Crippen molar-refractivity contribution in [2.24, 2.45) is 11.8 Å². The highest BCUT2D eigenvalue weighted by molar-refractivity contribution is 6.03. The Balaban J connectivity index is 1.38. The van der Waals surface area contributed by atoms with Gasteiger partial charge in [-0.15, -0.1) is 0 Å². The fraction of sp³-hybridized carbons (Fsp3) is 0.375. The lowest BCUT2D eigenvalue weighted by molar-refractivity contribution is -0.139. The molecule has 4 heterocycles. The number of carbonyl (C=O) groups is 2. The molecule has 4 atom stereocenters. The van der Waals surface area contributed by atoms with Gasteiger partial charge in [-0.05, 0) is 35.7 Å². The largest absolute Gasteiger partial charge is 0.396 e. The van der Waals surface area contributed by atoms with Gasteiger partial charge in [0.15, 0.2) is 0 Å². The van der Waals surface area contributed by atoms with Crippen molar-refractivity contribution in [3.05, 3.63) is 72.1 Å². The Morgan fingerprint density at radius 2 is 2.10 bits per heavy atom. The lowest BCUT2D eigenvalue weighted by Crippen LogP contribution is -2.44. The van der Waals surface area contributed by atoms with Crippen LogP contribution in [0.5, 0.6) is 0 Å². The Morgan fingerprint density at radius 3 is 2.81 bits per heavy atom. The molecule has 3 aliphatic rings. The molecule has 2 fully saturated rings. The molecule has 3 aliphatic heterocycles. The average molecular weight is 419 g/mol. The van der Waals surface area contributed by atoms with E-state index in [-0.39, 0.29) is 24.5 Å². The zero-order valence-corrected chi connectivity index (χ0v) is 17.3. The number of hydrogen-bond donors (Lipinski definition) is 1. The second-order valence-corrected chi connectivity index (χ2v) is 8.52. The Kier molecular flexibility index (Phi) is 4.87. The van der Waals surface area contributed by atoms with E-state index in [1.54, 1.807) is 29.2 Å². The summed E-state index contributed by atoms with van der Waals surface area (Å²) in [6.07, 6.45) is 7.54. The normalized spacial score (nSPS) is 28.3. The maximum Gasteiger partial charge on any atom is 0.234 e. The minimum absolute atomic E-state index is 0.0742. The van der Waals surface area contributed by atoms with Gasteiger partial charge in [0.05, 0.1) is 24.5 Å². The Labute approximate surface area is 180 Å². The number of fused-ring (bicyclic) bond motifs is 1. The number of rotatable bonds is 6. The molecule has 2 bridgehead atoms. The third-order valence-corrected chi connectivity index (χ3v) is 6.55. The van der Waals surface area contributed by atoms with Crippen LogP contribution in [-0.2, 0) is 27.3 Å². The molecular formula is C24H25N3O4. The first kappa shape index (κ1) is 19.9. The Morgan fingerprint density at radius 1 is 1.29 bits per heavy atom. The number of aromatic nitrogens is 1. The van der Waals surface area contributed by atoms with Gasteiger partial charge in [-0.3, -0.25) is 14.6 Å². The van der Waals surface area contributed by atoms with Crippen LogP contribution in [-0.4, -0.2) is 58.7 Å². The van der Waals surface area contributed by atoms with Gasteiger partial charge >= 0.3 is 0 Å². The van der Waals surface area contributed by atoms with Crippen LogP contribution < -0.4 is 4.90 Å². The van der Waals surface area contributed by atoms with Crippen LogP contribution in [0.1, 0.15) is 11.1 Å². The van der Waals surface area contributed by atoms with E-state index < -0.39 is 17.4 Å². The first-order valence-electron chi connectivity index (χ1n) is 10.5. The molecule has 2 aromatic rings. The summed E-state index contributed by atoms with van der Waals surface area (Å²) in [5, 5.41) is 9.11. The number of nitrogens with zero attached hydrogens (tertiary/aromatic N) is 3. The summed E-state index contributed by atoms with van der Waals surface area (Å²) in [6, 6.07) is 11.4. The molecule has 7 heteroatoms. The third kappa shape index (κ3) is 3.25. The van der Waals surface area contributed by atoms with Crippen molar-refractivity contribution < 1.29 is 19.4 Å². The summed E-state index contributed by atoms with van der Waals surface area (Å²) in [5.41, 5.74) is 1.99. The Hall–Kier alpha value is -3.03. The zero-order valence-electron chi connectivity index (χ0n) is 17.3. The van der Waals surface area contributed by atoms with Crippen LogP contribution in [0.4, 0.5) is 5.69 Å². The number of aliphatic hydroxyl groups excluding tert-OH is 1. The van der Waals surface area contributed by atoms with E-state index >= 15 is 0 Å². The summed E-state index contributed by atoms with van der Waals surface area (Å²) in [5.74, 6) is -1.21. The number of hydrogen-bond acceptors (Lipinski definition) is 5. The van der Waals surface area contributed by atoms with Crippen LogP contribution >= 0.6 is 0 Å². The molecule has 0 radical (unpaired) electrons. The molecule has 2 saturated heterocycles. The minimum atomic E-state index is -0.749. The summed E-state index contributed by atoms with van der Waals surface area (Å²) in [4.78, 5) is 34.3. The van der Waals surface area contributed by atoms with Gasteiger partial charge in [0.1, 0.15) is 5.60 Å². The van der Waals surface area contributed by atoms with Crippen molar-refractivity contribution >= 4 is 17.5 Å². The molecule has 5 rings (SSSR count). The average Bonchev–Trinajstić information content (AvgIpc) is 3.43. The van der Waals surface area contributed by atoms with Crippen molar-refractivity contribution in [2.75, 3.05) is 25.1 Å². The maximum absolute atomic E-state index is 13.5. The standard InChI is InChI=1S/C24H25N3O4/c1-26(14-17-3-2-11-25-13-17)22(29)20-19-8-10-24(31-19)15-27(23(30)21(20)24)18-6-4-16(5-7-18)9-12-28/h2-8,10-11,13,19-21,28H,9,12,14-15H2,1H3/t19-,20-,21-,24-/m0/s1. The first-order chi connectivity index (χ1) is 15.0. The number of carbonyl (C=O) groups excluding carboxylic acids is 2. The number of anilines is 1. The van der Waals surface area contributed by atoms with Crippen LogP contribution in [0.25, 0.3) is 0 Å². The zero-order chi connectivity index (χ0) is 21.6. The van der Waals surface area contributed by atoms with E-state index in [0.717, 1.165) is 16.8 Å². The number of ether oxygens (including phenoxy) is 1. The lowest BCUT2D eigenvalue weighted by atomic mass is 9.76. The smallest absolute Gasteiger partial charge is 0.234 e. The summed E-state index contributed by atoms with van der Waals surface area (Å²) in [7, 11) is 1.76. The predicted octanol–water partition coefficient (Wildman–Crippen LogP) is 1.56.